The van der Waals surface area contributed by atoms with E-state index in [4.69, 9.17) is 23.2 Å². The lowest BCUT2D eigenvalue weighted by Gasteiger charge is -2.40. The van der Waals surface area contributed by atoms with Crippen molar-refractivity contribution in [1.82, 2.24) is 4.57 Å². The maximum atomic E-state index is 13.2. The maximum Gasteiger partial charge on any atom is 0.308 e. The van der Waals surface area contributed by atoms with E-state index in [1.54, 1.807) is 4.57 Å². The average Bonchev–Trinajstić information content (AvgIpc) is 3.51. The Labute approximate surface area is 216 Å². The van der Waals surface area contributed by atoms with E-state index in [0.717, 1.165) is 26.7 Å². The number of thioether (sulfide) groups is 1. The highest BCUT2D eigenvalue weighted by Crippen LogP contribution is 2.64. The van der Waals surface area contributed by atoms with E-state index in [2.05, 4.69) is 11.4 Å². The first-order valence-corrected chi connectivity index (χ1v) is 14.1. The maximum absolute atomic E-state index is 13.2. The summed E-state index contributed by atoms with van der Waals surface area (Å²) in [5.41, 5.74) is 2.87. The monoisotopic (exact) mass is 530 g/mol. The van der Waals surface area contributed by atoms with Crippen LogP contribution in [-0.4, -0.2) is 15.7 Å². The van der Waals surface area contributed by atoms with Crippen molar-refractivity contribution >= 4 is 57.9 Å². The second-order valence-corrected chi connectivity index (χ2v) is 12.6. The summed E-state index contributed by atoms with van der Waals surface area (Å²) in [6.45, 7) is 2.01. The molecule has 1 aliphatic heterocycles. The molecule has 2 bridgehead atoms. The topological polar surface area (TPSA) is 51.1 Å². The van der Waals surface area contributed by atoms with Crippen molar-refractivity contribution in [3.8, 4) is 0 Å². The number of aryl methyl sites for hydroxylation is 1. The van der Waals surface area contributed by atoms with Gasteiger partial charge in [0.05, 0.1) is 15.1 Å². The van der Waals surface area contributed by atoms with Gasteiger partial charge in [-0.25, -0.2) is 0 Å². The fourth-order valence-corrected chi connectivity index (χ4v) is 9.74. The highest BCUT2D eigenvalue weighted by molar-refractivity contribution is 8.00. The van der Waals surface area contributed by atoms with Gasteiger partial charge in [0.1, 0.15) is 6.54 Å². The van der Waals surface area contributed by atoms with Gasteiger partial charge in [-0.2, -0.15) is 0 Å². The van der Waals surface area contributed by atoms with Gasteiger partial charge in [-0.3, -0.25) is 14.2 Å². The quantitative estimate of drug-likeness (QED) is 0.402. The van der Waals surface area contributed by atoms with Crippen molar-refractivity contribution in [2.45, 2.75) is 48.9 Å². The van der Waals surface area contributed by atoms with Crippen molar-refractivity contribution in [2.24, 2.45) is 17.8 Å². The number of nitrogens with one attached hydrogen (secondary N) is 1. The summed E-state index contributed by atoms with van der Waals surface area (Å²) in [4.78, 5) is 27.0. The third-order valence-corrected chi connectivity index (χ3v) is 11.3. The van der Waals surface area contributed by atoms with Crippen LogP contribution in [0.3, 0.4) is 0 Å². The molecule has 2 heterocycles. The molecule has 5 atom stereocenters. The number of benzene rings is 2. The lowest BCUT2D eigenvalue weighted by atomic mass is 9.75. The van der Waals surface area contributed by atoms with Gasteiger partial charge in [-0.15, -0.1) is 11.8 Å². The Morgan fingerprint density at radius 1 is 1.12 bits per heavy atom. The van der Waals surface area contributed by atoms with Crippen LogP contribution in [0.1, 0.15) is 41.2 Å². The number of carbonyl (C=O) groups is 1. The van der Waals surface area contributed by atoms with Crippen LogP contribution in [0.4, 0.5) is 5.69 Å². The summed E-state index contributed by atoms with van der Waals surface area (Å²) in [6.07, 6.45) is 3.72. The number of aromatic nitrogens is 1. The van der Waals surface area contributed by atoms with E-state index < -0.39 is 0 Å². The van der Waals surface area contributed by atoms with Crippen LogP contribution < -0.4 is 10.2 Å². The van der Waals surface area contributed by atoms with Crippen LogP contribution >= 0.6 is 46.3 Å². The number of fused-ring (bicyclic) bond motifs is 6. The number of carbonyl (C=O) groups excluding carboxylic acids is 1. The van der Waals surface area contributed by atoms with Gasteiger partial charge >= 0.3 is 4.87 Å². The standard InChI is InChI=1S/C26H24Cl2N2O2S2/c1-13-5-9-16(10-6-13)29-19(31)12-30-25-24(34-26(30)32)21(17-3-2-4-18(27)22(17)28)20-14-7-8-15(11-14)23(20)33-25/h2-6,9-10,14-15,20-21,23H,7-8,11-12H2,1H3,(H,29,31)/t14?,15?,20?,21-,23?/m0/s1. The molecule has 6 rings (SSSR count). The Bertz CT molecular complexity index is 1330. The third-order valence-electron chi connectivity index (χ3n) is 7.64. The minimum absolute atomic E-state index is 0.00697. The molecular weight excluding hydrogens is 507 g/mol. The fourth-order valence-electron chi connectivity index (χ4n) is 6.18. The van der Waals surface area contributed by atoms with Crippen LogP contribution in [-0.2, 0) is 11.3 Å². The van der Waals surface area contributed by atoms with Gasteiger partial charge in [0, 0.05) is 21.7 Å². The summed E-state index contributed by atoms with van der Waals surface area (Å²) < 4.78 is 1.67. The minimum Gasteiger partial charge on any atom is -0.325 e. The Balaban J connectivity index is 1.39. The first-order chi connectivity index (χ1) is 16.4. The molecule has 0 spiro atoms. The van der Waals surface area contributed by atoms with Crippen molar-refractivity contribution < 1.29 is 4.79 Å². The highest BCUT2D eigenvalue weighted by Gasteiger charge is 2.55. The second kappa shape index (κ2) is 8.74. The number of anilines is 1. The molecule has 2 aromatic carbocycles. The summed E-state index contributed by atoms with van der Waals surface area (Å²) in [5.74, 6) is 1.59. The van der Waals surface area contributed by atoms with Crippen LogP contribution in [0, 0.1) is 24.7 Å². The fraction of sp³-hybridized carbons (Fsp3) is 0.385. The van der Waals surface area contributed by atoms with Crippen LogP contribution in [0.25, 0.3) is 0 Å². The van der Waals surface area contributed by atoms with Gasteiger partial charge in [0.15, 0.2) is 0 Å². The molecule has 3 aromatic rings. The van der Waals surface area contributed by atoms with Gasteiger partial charge in [0.25, 0.3) is 0 Å². The van der Waals surface area contributed by atoms with Crippen LogP contribution in [0.2, 0.25) is 10.0 Å². The average molecular weight is 532 g/mol. The molecule has 2 saturated carbocycles. The molecule has 2 fully saturated rings. The number of hydrogen-bond donors (Lipinski definition) is 1. The van der Waals surface area contributed by atoms with E-state index in [-0.39, 0.29) is 23.2 Å². The van der Waals surface area contributed by atoms with E-state index in [1.807, 2.05) is 55.1 Å². The molecule has 1 aromatic heterocycles. The minimum atomic E-state index is -0.195. The summed E-state index contributed by atoms with van der Waals surface area (Å²) in [7, 11) is 0. The lowest BCUT2D eigenvalue weighted by Crippen LogP contribution is -2.35. The predicted octanol–water partition coefficient (Wildman–Crippen LogP) is 6.82. The molecule has 4 nitrogen and oxygen atoms in total. The zero-order chi connectivity index (χ0) is 23.6. The first kappa shape index (κ1) is 22.7. The Hall–Kier alpha value is -1.73. The Morgan fingerprint density at radius 3 is 2.68 bits per heavy atom. The molecule has 1 amide bonds. The van der Waals surface area contributed by atoms with Gasteiger partial charge < -0.3 is 5.32 Å². The number of thiazole rings is 1. The van der Waals surface area contributed by atoms with E-state index in [0.29, 0.717) is 33.0 Å². The summed E-state index contributed by atoms with van der Waals surface area (Å²) in [5, 5.41) is 5.43. The van der Waals surface area contributed by atoms with Gasteiger partial charge in [0.2, 0.25) is 5.91 Å². The van der Waals surface area contributed by atoms with Crippen molar-refractivity contribution in [3.63, 3.8) is 0 Å². The molecule has 34 heavy (non-hydrogen) atoms. The number of rotatable bonds is 4. The summed E-state index contributed by atoms with van der Waals surface area (Å²) >= 11 is 16.2. The first-order valence-electron chi connectivity index (χ1n) is 11.6. The van der Waals surface area contributed by atoms with Crippen molar-refractivity contribution in [2.75, 3.05) is 5.32 Å². The lowest BCUT2D eigenvalue weighted by molar-refractivity contribution is -0.116. The van der Waals surface area contributed by atoms with Crippen LogP contribution in [0.15, 0.2) is 52.3 Å². The molecule has 2 aliphatic carbocycles. The largest absolute Gasteiger partial charge is 0.325 e. The normalized spacial score (nSPS) is 26.9. The van der Waals surface area contributed by atoms with E-state index in [9.17, 15) is 9.59 Å². The Kier molecular flexibility index (Phi) is 5.84. The zero-order valence-corrected chi connectivity index (χ0v) is 21.7. The van der Waals surface area contributed by atoms with Gasteiger partial charge in [-0.1, -0.05) is 64.4 Å². The van der Waals surface area contributed by atoms with E-state index >= 15 is 0 Å². The molecule has 4 unspecified atom stereocenters. The zero-order valence-electron chi connectivity index (χ0n) is 18.6. The number of amides is 1. The predicted molar refractivity (Wildman–Crippen MR) is 141 cm³/mol. The molecule has 3 aliphatic rings. The Morgan fingerprint density at radius 2 is 1.88 bits per heavy atom. The van der Waals surface area contributed by atoms with Crippen molar-refractivity contribution in [3.05, 3.63) is 78.2 Å². The SMILES string of the molecule is Cc1ccc(NC(=O)Cn2c3c(sc2=O)[C@@H](c2cccc(Cl)c2Cl)C2C4CCC(C4)C2S3)cc1. The molecule has 0 radical (unpaired) electrons. The number of halogens is 2. The molecular formula is C26H24Cl2N2O2S2. The van der Waals surface area contributed by atoms with Gasteiger partial charge in [-0.05, 0) is 67.7 Å². The molecule has 8 heteroatoms. The number of hydrogen-bond acceptors (Lipinski definition) is 4. The van der Waals surface area contributed by atoms with E-state index in [1.165, 1.54) is 30.6 Å². The highest BCUT2D eigenvalue weighted by atomic mass is 35.5. The smallest absolute Gasteiger partial charge is 0.308 e. The second-order valence-electron chi connectivity index (χ2n) is 9.65. The van der Waals surface area contributed by atoms with Crippen molar-refractivity contribution in [1.29, 1.82) is 0 Å². The molecule has 0 saturated heterocycles. The molecule has 1 N–H and O–H groups in total. The van der Waals surface area contributed by atoms with Crippen LogP contribution in [0.5, 0.6) is 0 Å². The summed E-state index contributed by atoms with van der Waals surface area (Å²) in [6, 6.07) is 13.5. The third kappa shape index (κ3) is 3.74. The molecule has 176 valence electrons. The number of nitrogens with zero attached hydrogens (tertiary/aromatic N) is 1.